The number of aliphatic hydroxyl groups is 1. The van der Waals surface area contributed by atoms with Gasteiger partial charge >= 0.3 is 0 Å². The molecule has 1 unspecified atom stereocenters. The van der Waals surface area contributed by atoms with Crippen LogP contribution in [0.5, 0.6) is 0 Å². The zero-order valence-electron chi connectivity index (χ0n) is 7.42. The van der Waals surface area contributed by atoms with Crippen LogP contribution in [-0.4, -0.2) is 11.7 Å². The Labute approximate surface area is 82.5 Å². The van der Waals surface area contributed by atoms with Crippen LogP contribution in [0.25, 0.3) is 0 Å². The van der Waals surface area contributed by atoms with E-state index in [1.54, 1.807) is 31.2 Å². The Kier molecular flexibility index (Phi) is 3.27. The summed E-state index contributed by atoms with van der Waals surface area (Å²) in [6.07, 6.45) is 0. The van der Waals surface area contributed by atoms with Crippen LogP contribution in [-0.2, 0) is 5.60 Å². The summed E-state index contributed by atoms with van der Waals surface area (Å²) in [5.74, 6) is 5.15. The van der Waals surface area contributed by atoms with Crippen LogP contribution in [0.15, 0.2) is 24.3 Å². The fourth-order valence-electron chi connectivity index (χ4n) is 1.11. The molecule has 0 aliphatic heterocycles. The number of hydrogen-bond acceptors (Lipinski definition) is 3. The van der Waals surface area contributed by atoms with Crippen LogP contribution < -0.4 is 11.3 Å². The van der Waals surface area contributed by atoms with E-state index in [1.165, 1.54) is 0 Å². The van der Waals surface area contributed by atoms with Crippen LogP contribution >= 0.6 is 11.6 Å². The van der Waals surface area contributed by atoms with E-state index >= 15 is 0 Å². The Morgan fingerprint density at radius 1 is 1.46 bits per heavy atom. The van der Waals surface area contributed by atoms with Crippen molar-refractivity contribution in [2.45, 2.75) is 12.5 Å². The molecule has 0 heterocycles. The second-order valence-electron chi connectivity index (χ2n) is 3.16. The maximum absolute atomic E-state index is 9.89. The number of benzene rings is 1. The van der Waals surface area contributed by atoms with Crippen LogP contribution in [0.3, 0.4) is 0 Å². The maximum atomic E-state index is 9.89. The van der Waals surface area contributed by atoms with Gasteiger partial charge in [0, 0.05) is 11.6 Å². The van der Waals surface area contributed by atoms with Gasteiger partial charge in [-0.05, 0) is 24.6 Å². The third-order valence-electron chi connectivity index (χ3n) is 1.91. The van der Waals surface area contributed by atoms with Crippen LogP contribution in [0.2, 0.25) is 5.02 Å². The molecule has 1 aromatic rings. The van der Waals surface area contributed by atoms with Gasteiger partial charge in [0.1, 0.15) is 5.60 Å². The van der Waals surface area contributed by atoms with Crippen LogP contribution in [0, 0.1) is 0 Å². The smallest absolute Gasteiger partial charge is 0.101 e. The third kappa shape index (κ3) is 2.67. The minimum absolute atomic E-state index is 0.300. The van der Waals surface area contributed by atoms with Gasteiger partial charge in [-0.3, -0.25) is 11.3 Å². The van der Waals surface area contributed by atoms with Gasteiger partial charge in [0.15, 0.2) is 0 Å². The van der Waals surface area contributed by atoms with Gasteiger partial charge in [-0.1, -0.05) is 23.7 Å². The minimum Gasteiger partial charge on any atom is -0.384 e. The van der Waals surface area contributed by atoms with Crippen molar-refractivity contribution in [3.63, 3.8) is 0 Å². The molecular weight excluding hydrogens is 188 g/mol. The van der Waals surface area contributed by atoms with E-state index in [1.807, 2.05) is 0 Å². The average Bonchev–Trinajstić information content (AvgIpc) is 2.05. The Morgan fingerprint density at radius 3 is 2.46 bits per heavy atom. The molecule has 0 bridgehead atoms. The van der Waals surface area contributed by atoms with Crippen molar-refractivity contribution in [1.82, 2.24) is 5.43 Å². The summed E-state index contributed by atoms with van der Waals surface area (Å²) in [7, 11) is 0. The largest absolute Gasteiger partial charge is 0.384 e. The molecule has 4 N–H and O–H groups in total. The van der Waals surface area contributed by atoms with E-state index in [4.69, 9.17) is 17.4 Å². The van der Waals surface area contributed by atoms with Gasteiger partial charge in [-0.15, -0.1) is 0 Å². The molecule has 13 heavy (non-hydrogen) atoms. The molecule has 0 saturated carbocycles. The highest BCUT2D eigenvalue weighted by Gasteiger charge is 2.21. The lowest BCUT2D eigenvalue weighted by atomic mass is 9.96. The third-order valence-corrected chi connectivity index (χ3v) is 2.16. The fraction of sp³-hybridized carbons (Fsp3) is 0.333. The average molecular weight is 201 g/mol. The first-order chi connectivity index (χ1) is 6.06. The zero-order valence-corrected chi connectivity index (χ0v) is 8.17. The summed E-state index contributed by atoms with van der Waals surface area (Å²) < 4.78 is 0. The second-order valence-corrected chi connectivity index (χ2v) is 3.60. The fourth-order valence-corrected chi connectivity index (χ4v) is 1.24. The van der Waals surface area contributed by atoms with E-state index < -0.39 is 5.60 Å². The molecular formula is C9H13ClN2O. The molecule has 0 aliphatic rings. The highest BCUT2D eigenvalue weighted by atomic mass is 35.5. The molecule has 4 heteroatoms. The quantitative estimate of drug-likeness (QED) is 0.504. The molecule has 0 saturated heterocycles. The summed E-state index contributed by atoms with van der Waals surface area (Å²) in [5, 5.41) is 10.5. The van der Waals surface area contributed by atoms with Crippen molar-refractivity contribution < 1.29 is 5.11 Å². The van der Waals surface area contributed by atoms with Crippen molar-refractivity contribution >= 4 is 11.6 Å². The molecule has 0 aromatic heterocycles. The van der Waals surface area contributed by atoms with Crippen LogP contribution in [0.1, 0.15) is 12.5 Å². The summed E-state index contributed by atoms with van der Waals surface area (Å²) in [4.78, 5) is 0. The van der Waals surface area contributed by atoms with Crippen molar-refractivity contribution in [2.75, 3.05) is 6.54 Å². The summed E-state index contributed by atoms with van der Waals surface area (Å²) >= 11 is 5.72. The topological polar surface area (TPSA) is 58.3 Å². The molecule has 0 aliphatic carbocycles. The second kappa shape index (κ2) is 4.07. The SMILES string of the molecule is CC(O)(CNN)c1ccc(Cl)cc1. The predicted molar refractivity (Wildman–Crippen MR) is 53.2 cm³/mol. The van der Waals surface area contributed by atoms with E-state index in [-0.39, 0.29) is 0 Å². The molecule has 1 atom stereocenters. The summed E-state index contributed by atoms with van der Waals surface area (Å²) in [6, 6.07) is 7.03. The van der Waals surface area contributed by atoms with Crippen molar-refractivity contribution in [1.29, 1.82) is 0 Å². The van der Waals surface area contributed by atoms with E-state index in [0.717, 1.165) is 5.56 Å². The first kappa shape index (κ1) is 10.5. The number of rotatable bonds is 3. The van der Waals surface area contributed by atoms with Crippen molar-refractivity contribution in [3.8, 4) is 0 Å². The number of nitrogens with one attached hydrogen (secondary N) is 1. The Morgan fingerprint density at radius 2 is 2.00 bits per heavy atom. The summed E-state index contributed by atoms with van der Waals surface area (Å²) in [5.41, 5.74) is 2.27. The van der Waals surface area contributed by atoms with Crippen LogP contribution in [0.4, 0.5) is 0 Å². The van der Waals surface area contributed by atoms with Gasteiger partial charge in [-0.2, -0.15) is 0 Å². The van der Waals surface area contributed by atoms with E-state index in [2.05, 4.69) is 5.43 Å². The lowest BCUT2D eigenvalue weighted by Crippen LogP contribution is -2.38. The van der Waals surface area contributed by atoms with Gasteiger partial charge in [0.25, 0.3) is 0 Å². The lowest BCUT2D eigenvalue weighted by molar-refractivity contribution is 0.0572. The van der Waals surface area contributed by atoms with E-state index in [0.29, 0.717) is 11.6 Å². The number of hydrazine groups is 1. The monoisotopic (exact) mass is 200 g/mol. The van der Waals surface area contributed by atoms with Gasteiger partial charge in [0.2, 0.25) is 0 Å². The minimum atomic E-state index is -0.959. The number of halogens is 1. The molecule has 0 fully saturated rings. The molecule has 0 radical (unpaired) electrons. The lowest BCUT2D eigenvalue weighted by Gasteiger charge is -2.23. The molecule has 0 spiro atoms. The number of nitrogens with two attached hydrogens (primary N) is 1. The molecule has 3 nitrogen and oxygen atoms in total. The van der Waals surface area contributed by atoms with Gasteiger partial charge in [0.05, 0.1) is 0 Å². The standard InChI is InChI=1S/C9H13ClN2O/c1-9(13,6-12-11)7-2-4-8(10)5-3-7/h2-5,12-13H,6,11H2,1H3. The van der Waals surface area contributed by atoms with E-state index in [9.17, 15) is 5.11 Å². The Balaban J connectivity index is 2.87. The van der Waals surface area contributed by atoms with Gasteiger partial charge < -0.3 is 5.11 Å². The maximum Gasteiger partial charge on any atom is 0.101 e. The molecule has 1 rings (SSSR count). The Bertz CT molecular complexity index is 271. The highest BCUT2D eigenvalue weighted by molar-refractivity contribution is 6.30. The molecule has 0 amide bonds. The van der Waals surface area contributed by atoms with Crippen molar-refractivity contribution in [2.24, 2.45) is 5.84 Å². The predicted octanol–water partition coefficient (Wildman–Crippen LogP) is 1.01. The normalized spacial score (nSPS) is 15.4. The summed E-state index contributed by atoms with van der Waals surface area (Å²) in [6.45, 7) is 1.99. The number of hydrogen-bond donors (Lipinski definition) is 3. The van der Waals surface area contributed by atoms with Gasteiger partial charge in [-0.25, -0.2) is 0 Å². The van der Waals surface area contributed by atoms with Crippen molar-refractivity contribution in [3.05, 3.63) is 34.9 Å². The molecule has 1 aromatic carbocycles. The molecule has 72 valence electrons. The zero-order chi connectivity index (χ0) is 9.90. The Hall–Kier alpha value is -0.610. The first-order valence-corrected chi connectivity index (χ1v) is 4.36. The first-order valence-electron chi connectivity index (χ1n) is 3.98. The highest BCUT2D eigenvalue weighted by Crippen LogP contribution is 2.21.